The van der Waals surface area contributed by atoms with Gasteiger partial charge >= 0.3 is 19.8 Å². The van der Waals surface area contributed by atoms with Gasteiger partial charge in [-0.1, -0.05) is 136 Å². The number of epoxide rings is 1. The first kappa shape index (κ1) is 52.6. The maximum absolute atomic E-state index is 12.6. The Bertz CT molecular complexity index is 1380. The number of rotatable bonds is 37. The highest BCUT2D eigenvalue weighted by Crippen LogP contribution is 2.43. The van der Waals surface area contributed by atoms with Crippen LogP contribution in [0.15, 0.2) is 109 Å². The first-order valence-electron chi connectivity index (χ1n) is 21.5. The summed E-state index contributed by atoms with van der Waals surface area (Å²) in [5.41, 5.74) is 5.34. The maximum atomic E-state index is 12.6. The average Bonchev–Trinajstić information content (AvgIpc) is 3.97. The van der Waals surface area contributed by atoms with Crippen molar-refractivity contribution in [1.29, 1.82) is 0 Å². The van der Waals surface area contributed by atoms with Crippen LogP contribution in [0.1, 0.15) is 129 Å². The molecule has 0 aromatic rings. The van der Waals surface area contributed by atoms with Crippen molar-refractivity contribution < 1.29 is 42.3 Å². The lowest BCUT2D eigenvalue weighted by atomic mass is 10.1. The number of unbranched alkanes of at least 4 members (excludes halogenated alkanes) is 4. The Morgan fingerprint density at radius 3 is 1.66 bits per heavy atom. The molecule has 1 fully saturated rings. The molecule has 1 rings (SSSR count). The van der Waals surface area contributed by atoms with E-state index in [1.54, 1.807) is 0 Å². The number of hydrogen-bond donors (Lipinski definition) is 2. The predicted octanol–water partition coefficient (Wildman–Crippen LogP) is 11.4. The normalized spacial score (nSPS) is 17.9. The molecule has 1 saturated heterocycles. The molecule has 326 valence electrons. The van der Waals surface area contributed by atoms with Crippen LogP contribution in [0, 0.1) is 0 Å². The minimum atomic E-state index is -4.42. The van der Waals surface area contributed by atoms with Crippen molar-refractivity contribution in [2.75, 3.05) is 26.4 Å². The Balaban J connectivity index is 2.28. The molecule has 3 unspecified atom stereocenters. The second kappa shape index (κ2) is 37.9. The van der Waals surface area contributed by atoms with Gasteiger partial charge in [0.1, 0.15) is 6.61 Å². The van der Waals surface area contributed by atoms with E-state index in [1.165, 1.54) is 19.3 Å². The van der Waals surface area contributed by atoms with Gasteiger partial charge in [-0.05, 0) is 89.9 Å². The highest BCUT2D eigenvalue weighted by atomic mass is 31.2. The first-order chi connectivity index (χ1) is 28.3. The molecule has 11 heteroatoms. The van der Waals surface area contributed by atoms with Gasteiger partial charge in [0.15, 0.2) is 6.10 Å². The van der Waals surface area contributed by atoms with Crippen LogP contribution in [0.25, 0.3) is 0 Å². The third kappa shape index (κ3) is 34.7. The van der Waals surface area contributed by atoms with Crippen LogP contribution >= 0.6 is 7.82 Å². The van der Waals surface area contributed by atoms with E-state index in [9.17, 15) is 19.0 Å². The van der Waals surface area contributed by atoms with Crippen molar-refractivity contribution in [2.24, 2.45) is 5.73 Å². The molecule has 3 N–H and O–H groups in total. The van der Waals surface area contributed by atoms with Crippen LogP contribution < -0.4 is 5.73 Å². The number of nitrogens with two attached hydrogens (primary N) is 1. The van der Waals surface area contributed by atoms with Gasteiger partial charge in [-0.2, -0.15) is 0 Å². The Hall–Kier alpha value is -3.37. The summed E-state index contributed by atoms with van der Waals surface area (Å²) in [6.45, 7) is 3.40. The maximum Gasteiger partial charge on any atom is 0.472 e. The zero-order valence-corrected chi connectivity index (χ0v) is 36.3. The third-order valence-electron chi connectivity index (χ3n) is 8.56. The quantitative estimate of drug-likeness (QED) is 0.0204. The summed E-state index contributed by atoms with van der Waals surface area (Å²) < 4.78 is 38.3. The molecule has 10 nitrogen and oxygen atoms in total. The summed E-state index contributed by atoms with van der Waals surface area (Å²) in [7, 11) is -4.42. The second-order valence-corrected chi connectivity index (χ2v) is 15.3. The van der Waals surface area contributed by atoms with E-state index in [1.807, 2.05) is 18.2 Å². The highest BCUT2D eigenvalue weighted by molar-refractivity contribution is 7.47. The van der Waals surface area contributed by atoms with Crippen LogP contribution in [-0.4, -0.2) is 61.5 Å². The van der Waals surface area contributed by atoms with Crippen molar-refractivity contribution >= 4 is 19.8 Å². The van der Waals surface area contributed by atoms with Gasteiger partial charge in [0.05, 0.1) is 25.4 Å². The average molecular weight is 828 g/mol. The molecule has 0 radical (unpaired) electrons. The molecular formula is C47H74NO9P. The summed E-state index contributed by atoms with van der Waals surface area (Å²) in [6.07, 6.45) is 53.2. The Kier molecular flexibility index (Phi) is 34.4. The molecule has 0 amide bonds. The van der Waals surface area contributed by atoms with Gasteiger partial charge in [0, 0.05) is 19.4 Å². The van der Waals surface area contributed by atoms with Crippen molar-refractivity contribution in [3.8, 4) is 0 Å². The molecule has 1 aliphatic rings. The van der Waals surface area contributed by atoms with Gasteiger partial charge in [-0.25, -0.2) is 4.57 Å². The van der Waals surface area contributed by atoms with Gasteiger partial charge in [-0.15, -0.1) is 0 Å². The highest BCUT2D eigenvalue weighted by Gasteiger charge is 2.36. The lowest BCUT2D eigenvalue weighted by molar-refractivity contribution is -0.161. The topological polar surface area (TPSA) is 147 Å². The lowest BCUT2D eigenvalue weighted by Gasteiger charge is -2.19. The minimum Gasteiger partial charge on any atom is -0.462 e. The Morgan fingerprint density at radius 2 is 1.12 bits per heavy atom. The zero-order chi connectivity index (χ0) is 42.2. The SMILES string of the molecule is CC/C=C\CC1OC1C/C=C\C/C=C\C/C=C\C/C=C\CCC(=O)OC[C@H](COP(=O)(O)OCCN)OC(=O)CCC/C=C\C/C=C\C/C=C\C/C=C\CCCCC. The molecule has 4 atom stereocenters. The predicted molar refractivity (Wildman–Crippen MR) is 237 cm³/mol. The summed E-state index contributed by atoms with van der Waals surface area (Å²) in [4.78, 5) is 34.8. The summed E-state index contributed by atoms with van der Waals surface area (Å²) in [5.74, 6) is -1.01. The summed E-state index contributed by atoms with van der Waals surface area (Å²) >= 11 is 0. The fourth-order valence-electron chi connectivity index (χ4n) is 5.28. The van der Waals surface area contributed by atoms with Crippen LogP contribution in [0.3, 0.4) is 0 Å². The number of phosphoric acid groups is 1. The molecular weight excluding hydrogens is 753 g/mol. The van der Waals surface area contributed by atoms with E-state index >= 15 is 0 Å². The summed E-state index contributed by atoms with van der Waals surface area (Å²) in [5, 5.41) is 0. The first-order valence-corrected chi connectivity index (χ1v) is 23.0. The van der Waals surface area contributed by atoms with Crippen LogP contribution in [0.2, 0.25) is 0 Å². The number of esters is 2. The molecule has 0 aromatic heterocycles. The monoisotopic (exact) mass is 828 g/mol. The smallest absolute Gasteiger partial charge is 0.462 e. The number of carbonyl (C=O) groups excluding carboxylic acids is 2. The molecule has 0 aromatic carbocycles. The standard InChI is InChI=1S/C47H74NO9P/c1-3-5-7-8-9-10-11-12-13-14-15-16-21-24-27-30-34-38-47(50)56-43(42-55-58(51,52)54-40-39-48)41-53-46(49)37-33-29-26-23-20-18-17-19-22-25-28-32-36-45-44(57-45)35-31-6-4-2/h6,9-10,12-13,15-16,18-20,22,24,26-29,31-32,43-45H,3-5,7-8,11,14,17,21,23,25,30,33-42,48H2,1-2H3,(H,51,52)/b10-9-,13-12-,16-15-,20-18-,22-19-,27-24-,29-26-,31-6-,32-28-/t43-,44?,45?/m1/s1. The van der Waals surface area contributed by atoms with Gasteiger partial charge in [0.25, 0.3) is 0 Å². The minimum absolute atomic E-state index is 0.0270. The zero-order valence-electron chi connectivity index (χ0n) is 35.4. The summed E-state index contributed by atoms with van der Waals surface area (Å²) in [6, 6.07) is 0. The van der Waals surface area contributed by atoms with Crippen LogP contribution in [0.5, 0.6) is 0 Å². The third-order valence-corrected chi connectivity index (χ3v) is 9.54. The largest absolute Gasteiger partial charge is 0.472 e. The van der Waals surface area contributed by atoms with E-state index in [-0.39, 0.29) is 32.6 Å². The molecule has 0 spiro atoms. The second-order valence-electron chi connectivity index (χ2n) is 13.9. The number of phosphoric ester groups is 1. The van der Waals surface area contributed by atoms with Gasteiger partial charge < -0.3 is 24.8 Å². The number of allylic oxidation sites excluding steroid dienone is 16. The number of carbonyl (C=O) groups is 2. The Labute approximate surface area is 350 Å². The van der Waals surface area contributed by atoms with Gasteiger partial charge in [-0.3, -0.25) is 18.6 Å². The Morgan fingerprint density at radius 1 is 0.621 bits per heavy atom. The van der Waals surface area contributed by atoms with Crippen LogP contribution in [0.4, 0.5) is 0 Å². The van der Waals surface area contributed by atoms with Crippen molar-refractivity contribution in [3.63, 3.8) is 0 Å². The molecule has 0 bridgehead atoms. The molecule has 0 aliphatic carbocycles. The van der Waals surface area contributed by atoms with Crippen molar-refractivity contribution in [3.05, 3.63) is 109 Å². The lowest BCUT2D eigenvalue weighted by Crippen LogP contribution is -2.29. The van der Waals surface area contributed by atoms with E-state index in [0.29, 0.717) is 31.5 Å². The number of hydrogen-bond acceptors (Lipinski definition) is 9. The van der Waals surface area contributed by atoms with E-state index in [0.717, 1.165) is 64.2 Å². The van der Waals surface area contributed by atoms with E-state index < -0.39 is 32.5 Å². The fourth-order valence-corrected chi connectivity index (χ4v) is 6.05. The van der Waals surface area contributed by atoms with Gasteiger partial charge in [0.2, 0.25) is 0 Å². The molecule has 58 heavy (non-hydrogen) atoms. The van der Waals surface area contributed by atoms with Crippen molar-refractivity contribution in [1.82, 2.24) is 0 Å². The van der Waals surface area contributed by atoms with Crippen molar-refractivity contribution in [2.45, 2.75) is 148 Å². The molecule has 1 aliphatic heterocycles. The molecule has 1 heterocycles. The number of ether oxygens (including phenoxy) is 3. The fraction of sp³-hybridized carbons (Fsp3) is 0.574. The van der Waals surface area contributed by atoms with E-state index in [4.69, 9.17) is 29.0 Å². The van der Waals surface area contributed by atoms with Crippen LogP contribution in [-0.2, 0) is 37.4 Å². The molecule has 0 saturated carbocycles. The van der Waals surface area contributed by atoms with E-state index in [2.05, 4.69) is 105 Å².